The van der Waals surface area contributed by atoms with Crippen molar-refractivity contribution < 1.29 is 18.8 Å². The lowest BCUT2D eigenvalue weighted by Gasteiger charge is -2.24. The van der Waals surface area contributed by atoms with Gasteiger partial charge in [0.2, 0.25) is 11.7 Å². The minimum Gasteiger partial charge on any atom is -0.352 e. The Hall–Kier alpha value is -3.83. The predicted octanol–water partition coefficient (Wildman–Crippen LogP) is 3.77. The number of carbonyl (C=O) groups is 3. The normalized spacial score (nSPS) is 14.4. The molecule has 35 heavy (non-hydrogen) atoms. The topological polar surface area (TPSA) is 118 Å². The first-order chi connectivity index (χ1) is 16.8. The van der Waals surface area contributed by atoms with Crippen molar-refractivity contribution in [2.45, 2.75) is 19.5 Å². The molecule has 2 aromatic heterocycles. The molecule has 0 saturated heterocycles. The maximum atomic E-state index is 12.8. The van der Waals surface area contributed by atoms with Crippen molar-refractivity contribution in [3.8, 4) is 0 Å². The summed E-state index contributed by atoms with van der Waals surface area (Å²) >= 11 is 6.68. The highest BCUT2D eigenvalue weighted by atomic mass is 35.5. The predicted molar refractivity (Wildman–Crippen MR) is 131 cm³/mol. The Bertz CT molecular complexity index is 1400. The van der Waals surface area contributed by atoms with Gasteiger partial charge in [0.05, 0.1) is 16.9 Å². The molecule has 0 fully saturated rings. The van der Waals surface area contributed by atoms with E-state index in [0.29, 0.717) is 16.4 Å². The number of halogens is 2. The van der Waals surface area contributed by atoms with Crippen LogP contribution in [0.25, 0.3) is 10.1 Å². The largest absolute Gasteiger partial charge is 0.352 e. The summed E-state index contributed by atoms with van der Waals surface area (Å²) in [5.74, 6) is -1.00. The van der Waals surface area contributed by atoms with Crippen LogP contribution in [0.3, 0.4) is 0 Å². The van der Waals surface area contributed by atoms with Crippen LogP contribution in [0.15, 0.2) is 48.5 Å². The first-order valence-electron chi connectivity index (χ1n) is 10.5. The highest BCUT2D eigenvalue weighted by Crippen LogP contribution is 2.28. The summed E-state index contributed by atoms with van der Waals surface area (Å²) in [6.07, 6.45) is 0. The molecule has 3 amide bonds. The molecular weight excluding hydrogens is 495 g/mol. The Kier molecular flexibility index (Phi) is 7.08. The second kappa shape index (κ2) is 10.2. The van der Waals surface area contributed by atoms with Gasteiger partial charge in [-0.15, -0.1) is 0 Å². The molecule has 0 aliphatic carbocycles. The number of hydrogen-bond acceptors (Lipinski definition) is 6. The van der Waals surface area contributed by atoms with Crippen molar-refractivity contribution in [2.75, 3.05) is 12.4 Å². The summed E-state index contributed by atoms with van der Waals surface area (Å²) in [6.45, 7) is 1.84. The highest BCUT2D eigenvalue weighted by molar-refractivity contribution is 7.13. The van der Waals surface area contributed by atoms with E-state index in [-0.39, 0.29) is 29.9 Å². The molecule has 0 saturated carbocycles. The van der Waals surface area contributed by atoms with Crippen LogP contribution in [0.1, 0.15) is 39.8 Å². The van der Waals surface area contributed by atoms with Crippen molar-refractivity contribution in [1.82, 2.24) is 24.6 Å². The number of hydrogen-bond donors (Lipinski definition) is 3. The monoisotopic (exact) mass is 514 g/mol. The molecule has 0 radical (unpaired) electrons. The van der Waals surface area contributed by atoms with E-state index < -0.39 is 17.9 Å². The molecule has 1 unspecified atom stereocenters. The molecule has 2 aromatic carbocycles. The number of rotatable bonds is 3. The van der Waals surface area contributed by atoms with Crippen LogP contribution in [0.5, 0.6) is 0 Å². The number of anilines is 1. The van der Waals surface area contributed by atoms with Gasteiger partial charge < -0.3 is 20.5 Å². The van der Waals surface area contributed by atoms with Gasteiger partial charge in [-0.25, -0.2) is 9.37 Å². The zero-order chi connectivity index (χ0) is 25.1. The fourth-order valence-electron chi connectivity index (χ4n) is 3.51. The summed E-state index contributed by atoms with van der Waals surface area (Å²) in [7, 11) is 1.48. The smallest absolute Gasteiger partial charge is 0.287 e. The summed E-state index contributed by atoms with van der Waals surface area (Å²) in [5, 5.41) is 9.30. The van der Waals surface area contributed by atoms with Crippen LogP contribution in [-0.2, 0) is 11.3 Å². The minimum atomic E-state index is -0.612. The first kappa shape index (κ1) is 24.3. The lowest BCUT2D eigenvalue weighted by Crippen LogP contribution is -2.39. The quantitative estimate of drug-likeness (QED) is 0.384. The van der Waals surface area contributed by atoms with Crippen LogP contribution in [-0.4, -0.2) is 38.7 Å². The molecule has 12 heteroatoms. The molecule has 3 heterocycles. The number of imidazole rings is 1. The van der Waals surface area contributed by atoms with E-state index in [4.69, 9.17) is 11.6 Å². The molecule has 0 spiro atoms. The van der Waals surface area contributed by atoms with Crippen molar-refractivity contribution in [3.63, 3.8) is 0 Å². The number of benzene rings is 2. The molecular formula is C23H20ClFN6O3S. The third-order valence-electron chi connectivity index (χ3n) is 5.27. The number of amides is 3. The zero-order valence-corrected chi connectivity index (χ0v) is 20.2. The molecule has 180 valence electrons. The van der Waals surface area contributed by atoms with Crippen molar-refractivity contribution in [1.29, 1.82) is 0 Å². The number of fused-ring (bicyclic) bond motifs is 2. The number of aromatic nitrogens is 3. The van der Waals surface area contributed by atoms with Crippen molar-refractivity contribution >= 4 is 56.8 Å². The van der Waals surface area contributed by atoms with Gasteiger partial charge in [-0.2, -0.15) is 4.37 Å². The van der Waals surface area contributed by atoms with E-state index in [1.807, 2.05) is 24.3 Å². The van der Waals surface area contributed by atoms with E-state index >= 15 is 0 Å². The van der Waals surface area contributed by atoms with E-state index in [0.717, 1.165) is 10.1 Å². The van der Waals surface area contributed by atoms with Gasteiger partial charge in [0.15, 0.2) is 5.82 Å². The van der Waals surface area contributed by atoms with E-state index in [9.17, 15) is 18.8 Å². The molecule has 0 bridgehead atoms. The van der Waals surface area contributed by atoms with Gasteiger partial charge in [0, 0.05) is 17.5 Å². The molecule has 5 rings (SSSR count). The van der Waals surface area contributed by atoms with Crippen LogP contribution in [0, 0.1) is 5.82 Å². The van der Waals surface area contributed by atoms with Gasteiger partial charge >= 0.3 is 0 Å². The standard InChI is InChI=1S/C17H16N6O3S.C6H4ClF/c1-8-15(24)19-7-10-13(20-14(23(8)10)17(26)18-2)21-16(25)12-9-5-3-4-6-11(9)27-22-12;7-5-1-3-6(8)4-2-5/h3-6,8H,7H2,1-2H3,(H,18,26)(H,19,24)(H,21,25);1-4H. The zero-order valence-electron chi connectivity index (χ0n) is 18.6. The fraction of sp³-hybridized carbons (Fsp3) is 0.174. The third-order valence-corrected chi connectivity index (χ3v) is 6.34. The van der Waals surface area contributed by atoms with E-state index in [2.05, 4.69) is 25.3 Å². The third kappa shape index (κ3) is 5.00. The highest BCUT2D eigenvalue weighted by Gasteiger charge is 2.32. The fourth-order valence-corrected chi connectivity index (χ4v) is 4.41. The van der Waals surface area contributed by atoms with Crippen LogP contribution in [0.4, 0.5) is 10.2 Å². The molecule has 1 aliphatic rings. The second-order valence-electron chi connectivity index (χ2n) is 7.49. The van der Waals surface area contributed by atoms with Crippen molar-refractivity contribution in [3.05, 3.63) is 76.6 Å². The average Bonchev–Trinajstić information content (AvgIpc) is 3.45. The SMILES string of the molecule is CNC(=O)c1nc(NC(=O)c2nsc3ccccc23)c2n1C(C)C(=O)NC2.Fc1ccc(Cl)cc1. The van der Waals surface area contributed by atoms with Gasteiger partial charge in [-0.1, -0.05) is 29.8 Å². The van der Waals surface area contributed by atoms with Crippen LogP contribution in [0.2, 0.25) is 5.02 Å². The molecule has 1 aliphatic heterocycles. The van der Waals surface area contributed by atoms with Crippen molar-refractivity contribution in [2.24, 2.45) is 0 Å². The van der Waals surface area contributed by atoms with Gasteiger partial charge in [-0.05, 0) is 48.8 Å². The summed E-state index contributed by atoms with van der Waals surface area (Å²) < 4.78 is 18.7. The molecule has 3 N–H and O–H groups in total. The van der Waals surface area contributed by atoms with Gasteiger partial charge in [-0.3, -0.25) is 14.4 Å². The maximum Gasteiger partial charge on any atom is 0.287 e. The summed E-state index contributed by atoms with van der Waals surface area (Å²) in [5.41, 5.74) is 0.861. The van der Waals surface area contributed by atoms with E-state index in [1.165, 1.54) is 42.8 Å². The Morgan fingerprint density at radius 1 is 1.17 bits per heavy atom. The number of nitrogens with one attached hydrogen (secondary N) is 3. The molecule has 4 aromatic rings. The lowest BCUT2D eigenvalue weighted by molar-refractivity contribution is -0.125. The summed E-state index contributed by atoms with van der Waals surface area (Å²) in [4.78, 5) is 41.2. The van der Waals surface area contributed by atoms with Gasteiger partial charge in [0.25, 0.3) is 11.8 Å². The molecule has 1 atom stereocenters. The van der Waals surface area contributed by atoms with Crippen LogP contribution < -0.4 is 16.0 Å². The summed E-state index contributed by atoms with van der Waals surface area (Å²) in [6, 6.07) is 12.5. The van der Waals surface area contributed by atoms with Crippen LogP contribution >= 0.6 is 23.1 Å². The number of carbonyl (C=O) groups excluding carboxylic acids is 3. The molecule has 9 nitrogen and oxygen atoms in total. The Morgan fingerprint density at radius 2 is 1.89 bits per heavy atom. The number of nitrogens with zero attached hydrogens (tertiary/aromatic N) is 3. The Morgan fingerprint density at radius 3 is 2.57 bits per heavy atom. The Labute approximate surface area is 208 Å². The lowest BCUT2D eigenvalue weighted by atomic mass is 10.2. The van der Waals surface area contributed by atoms with Gasteiger partial charge in [0.1, 0.15) is 17.6 Å². The maximum absolute atomic E-state index is 12.8. The first-order valence-corrected chi connectivity index (χ1v) is 11.6. The second-order valence-corrected chi connectivity index (χ2v) is 8.73. The minimum absolute atomic E-state index is 0.0771. The Balaban J connectivity index is 0.000000308. The average molecular weight is 515 g/mol. The van der Waals surface area contributed by atoms with E-state index in [1.54, 1.807) is 11.5 Å².